The number of carbonyl (C=O) groups is 2. The summed E-state index contributed by atoms with van der Waals surface area (Å²) in [6.07, 6.45) is -3.10. The number of carbonyl (C=O) groups excluding carboxylic acids is 2. The van der Waals surface area contributed by atoms with Crippen LogP contribution in [0, 0.1) is 12.7 Å². The van der Waals surface area contributed by atoms with Crippen molar-refractivity contribution in [1.82, 2.24) is 15.3 Å². The third-order valence-corrected chi connectivity index (χ3v) is 7.09. The van der Waals surface area contributed by atoms with Gasteiger partial charge in [-0.2, -0.15) is 13.2 Å². The number of pyridine rings is 1. The van der Waals surface area contributed by atoms with E-state index in [1.807, 2.05) is 0 Å². The zero-order valence-corrected chi connectivity index (χ0v) is 20.9. The minimum absolute atomic E-state index is 0.0154. The van der Waals surface area contributed by atoms with Gasteiger partial charge in [-0.25, -0.2) is 9.37 Å². The van der Waals surface area contributed by atoms with Gasteiger partial charge < -0.3 is 20.8 Å². The Bertz CT molecular complexity index is 1600. The van der Waals surface area contributed by atoms with Gasteiger partial charge in [-0.05, 0) is 67.9 Å². The number of alkyl halides is 3. The molecule has 2 aromatic heterocycles. The summed E-state index contributed by atoms with van der Waals surface area (Å²) in [6.45, 7) is 2.27. The van der Waals surface area contributed by atoms with Crippen LogP contribution in [0.25, 0.3) is 22.2 Å². The fraction of sp³-hybridized carbons (Fsp3) is 0.250. The molecule has 0 fully saturated rings. The number of halogens is 4. The number of aromatic amines is 1. The monoisotopic (exact) mass is 540 g/mol. The highest BCUT2D eigenvalue weighted by atomic mass is 19.4. The van der Waals surface area contributed by atoms with E-state index in [1.54, 1.807) is 31.3 Å². The zero-order valence-electron chi connectivity index (χ0n) is 20.9. The zero-order chi connectivity index (χ0) is 28.1. The lowest BCUT2D eigenvalue weighted by molar-refractivity contribution is -0.149. The molecule has 3 heterocycles. The van der Waals surface area contributed by atoms with Crippen molar-refractivity contribution in [2.45, 2.75) is 31.4 Å². The molecule has 39 heavy (non-hydrogen) atoms. The number of nitrogens with one attached hydrogen (secondary N) is 2. The molecule has 4 aromatic rings. The van der Waals surface area contributed by atoms with Gasteiger partial charge in [-0.15, -0.1) is 0 Å². The van der Waals surface area contributed by atoms with E-state index in [1.165, 1.54) is 19.1 Å². The third kappa shape index (κ3) is 4.68. The van der Waals surface area contributed by atoms with Crippen molar-refractivity contribution in [3.63, 3.8) is 0 Å². The summed E-state index contributed by atoms with van der Waals surface area (Å²) in [4.78, 5) is 32.5. The first-order valence-electron chi connectivity index (χ1n) is 12.0. The molecule has 7 nitrogen and oxygen atoms in total. The molecule has 202 valence electrons. The number of nitrogens with zero attached hydrogens (tertiary/aromatic N) is 1. The van der Waals surface area contributed by atoms with Gasteiger partial charge in [0, 0.05) is 40.3 Å². The lowest BCUT2D eigenvalue weighted by atomic mass is 9.82. The van der Waals surface area contributed by atoms with Crippen LogP contribution >= 0.6 is 0 Å². The minimum atomic E-state index is -4.81. The first-order valence-corrected chi connectivity index (χ1v) is 12.0. The number of amides is 2. The van der Waals surface area contributed by atoms with E-state index in [2.05, 4.69) is 15.3 Å². The number of ether oxygens (including phenoxy) is 1. The van der Waals surface area contributed by atoms with Crippen LogP contribution in [-0.4, -0.2) is 41.1 Å². The third-order valence-electron chi connectivity index (χ3n) is 7.09. The quantitative estimate of drug-likeness (QED) is 0.303. The first-order chi connectivity index (χ1) is 18.4. The molecule has 0 spiro atoms. The smallest absolute Gasteiger partial charge is 0.398 e. The number of nitrogens with two attached hydrogens (primary N) is 1. The number of benzene rings is 2. The Balaban J connectivity index is 1.55. The number of H-pyrrole nitrogens is 1. The van der Waals surface area contributed by atoms with Crippen LogP contribution in [0.4, 0.5) is 17.6 Å². The summed E-state index contributed by atoms with van der Waals surface area (Å²) in [5.74, 6) is -4.12. The molecule has 4 N–H and O–H groups in total. The molecular formula is C28H24F4N4O3. The second-order valence-corrected chi connectivity index (χ2v) is 9.80. The van der Waals surface area contributed by atoms with Crippen molar-refractivity contribution >= 4 is 22.7 Å². The molecule has 11 heteroatoms. The summed E-state index contributed by atoms with van der Waals surface area (Å²) in [5.41, 5.74) is 6.02. The molecule has 0 saturated carbocycles. The summed E-state index contributed by atoms with van der Waals surface area (Å²) in [7, 11) is 0. The fourth-order valence-corrected chi connectivity index (χ4v) is 4.76. The molecule has 0 bridgehead atoms. The Hall–Kier alpha value is -4.41. The lowest BCUT2D eigenvalue weighted by Gasteiger charge is -2.24. The molecule has 0 saturated heterocycles. The maximum atomic E-state index is 14.4. The molecule has 1 aliphatic heterocycles. The topological polar surface area (TPSA) is 110 Å². The van der Waals surface area contributed by atoms with Crippen molar-refractivity contribution in [1.29, 1.82) is 0 Å². The summed E-state index contributed by atoms with van der Waals surface area (Å²) >= 11 is 0. The predicted octanol–water partition coefficient (Wildman–Crippen LogP) is 4.89. The van der Waals surface area contributed by atoms with Gasteiger partial charge in [-0.3, -0.25) is 9.59 Å². The lowest BCUT2D eigenvalue weighted by Crippen LogP contribution is -2.40. The molecular weight excluding hydrogens is 516 g/mol. The number of aryl methyl sites for hydroxylation is 1. The van der Waals surface area contributed by atoms with E-state index in [-0.39, 0.29) is 29.2 Å². The highest BCUT2D eigenvalue weighted by Gasteiger charge is 2.47. The van der Waals surface area contributed by atoms with Crippen molar-refractivity contribution < 1.29 is 31.9 Å². The molecule has 5 rings (SSSR count). The Morgan fingerprint density at radius 1 is 1.18 bits per heavy atom. The van der Waals surface area contributed by atoms with Crippen molar-refractivity contribution in [3.8, 4) is 17.0 Å². The molecule has 2 amide bonds. The van der Waals surface area contributed by atoms with E-state index >= 15 is 0 Å². The van der Waals surface area contributed by atoms with Gasteiger partial charge in [0.1, 0.15) is 35.2 Å². The van der Waals surface area contributed by atoms with Gasteiger partial charge in [-0.1, -0.05) is 0 Å². The predicted molar refractivity (Wildman–Crippen MR) is 136 cm³/mol. The second-order valence-electron chi connectivity index (χ2n) is 9.80. The first kappa shape index (κ1) is 26.2. The van der Waals surface area contributed by atoms with Crippen molar-refractivity contribution in [3.05, 3.63) is 82.9 Å². The van der Waals surface area contributed by atoms with Gasteiger partial charge >= 0.3 is 6.18 Å². The van der Waals surface area contributed by atoms with E-state index in [9.17, 15) is 27.2 Å². The molecule has 2 atom stereocenters. The van der Waals surface area contributed by atoms with Crippen LogP contribution in [0.15, 0.2) is 54.7 Å². The Labute approximate surface area is 220 Å². The highest BCUT2D eigenvalue weighted by Crippen LogP contribution is 2.46. The van der Waals surface area contributed by atoms with Crippen LogP contribution in [0.1, 0.15) is 40.0 Å². The largest absolute Gasteiger partial charge is 0.489 e. The standard InChI is InChI=1S/C28H24F4N4O3/c1-14-9-17(10-16-7-8-34-22(14)16)25(37)35-12-20(28(30,31)32)21-11-19-24(39-13-27(19,2)26(33)38)23(36-21)15-3-5-18(29)6-4-15/h3-11,20,34H,12-13H2,1-2H3,(H2,33,38)(H,35,37)/t20-,27+/m1/s1. The van der Waals surface area contributed by atoms with Crippen LogP contribution in [-0.2, 0) is 10.2 Å². The Morgan fingerprint density at radius 3 is 2.56 bits per heavy atom. The normalized spacial score (nSPS) is 17.5. The van der Waals surface area contributed by atoms with Gasteiger partial charge in [0.25, 0.3) is 5.91 Å². The van der Waals surface area contributed by atoms with Crippen molar-refractivity contribution in [2.75, 3.05) is 13.2 Å². The number of primary amides is 1. The maximum Gasteiger partial charge on any atom is 0.398 e. The number of aromatic nitrogens is 2. The second kappa shape index (κ2) is 9.40. The minimum Gasteiger partial charge on any atom is -0.489 e. The van der Waals surface area contributed by atoms with Gasteiger partial charge in [0.2, 0.25) is 5.91 Å². The van der Waals surface area contributed by atoms with E-state index in [0.29, 0.717) is 5.56 Å². The van der Waals surface area contributed by atoms with Crippen LogP contribution in [0.3, 0.4) is 0 Å². The number of rotatable bonds is 6. The summed E-state index contributed by atoms with van der Waals surface area (Å²) in [6, 6.07) is 11.1. The Kier molecular flexibility index (Phi) is 6.32. The van der Waals surface area contributed by atoms with Crippen LogP contribution in [0.2, 0.25) is 0 Å². The average Bonchev–Trinajstić information content (AvgIpc) is 3.49. The van der Waals surface area contributed by atoms with Crippen LogP contribution in [0.5, 0.6) is 5.75 Å². The van der Waals surface area contributed by atoms with E-state index in [0.717, 1.165) is 34.7 Å². The maximum absolute atomic E-state index is 14.4. The average molecular weight is 541 g/mol. The fourth-order valence-electron chi connectivity index (χ4n) is 4.76. The van der Waals surface area contributed by atoms with E-state index < -0.39 is 47.4 Å². The molecule has 0 unspecified atom stereocenters. The summed E-state index contributed by atoms with van der Waals surface area (Å²) < 4.78 is 62.5. The number of hydrogen-bond acceptors (Lipinski definition) is 4. The van der Waals surface area contributed by atoms with Crippen molar-refractivity contribution in [2.24, 2.45) is 5.73 Å². The summed E-state index contributed by atoms with van der Waals surface area (Å²) in [5, 5.41) is 3.14. The number of fused-ring (bicyclic) bond motifs is 2. The SMILES string of the molecule is Cc1cc(C(=O)NC[C@H](c2cc3c(c(-c4ccc(F)cc4)n2)OC[C@]3(C)C(N)=O)C(F)(F)F)cc2cc[nH]c12. The van der Waals surface area contributed by atoms with E-state index in [4.69, 9.17) is 10.5 Å². The molecule has 2 aromatic carbocycles. The van der Waals surface area contributed by atoms with Gasteiger partial charge in [0.05, 0.1) is 5.69 Å². The molecule has 0 aliphatic carbocycles. The highest BCUT2D eigenvalue weighted by molar-refractivity contribution is 5.99. The number of hydrogen-bond donors (Lipinski definition) is 3. The van der Waals surface area contributed by atoms with Gasteiger partial charge in [0.15, 0.2) is 0 Å². The molecule has 0 radical (unpaired) electrons. The molecule has 1 aliphatic rings. The van der Waals surface area contributed by atoms with Crippen LogP contribution < -0.4 is 15.8 Å². The Morgan fingerprint density at radius 2 is 1.90 bits per heavy atom.